The van der Waals surface area contributed by atoms with Crippen LogP contribution in [-0.2, 0) is 4.74 Å². The van der Waals surface area contributed by atoms with Gasteiger partial charge in [0.15, 0.2) is 0 Å². The summed E-state index contributed by atoms with van der Waals surface area (Å²) in [6.07, 6.45) is 0.359. The van der Waals surface area contributed by atoms with E-state index in [1.54, 1.807) is 31.2 Å². The molecule has 0 aliphatic heterocycles. The van der Waals surface area contributed by atoms with Crippen LogP contribution in [0.4, 0.5) is 10.5 Å². The summed E-state index contributed by atoms with van der Waals surface area (Å²) < 4.78 is 4.65. The number of carbonyl (C=O) groups excluding carboxylic acids is 1. The molecule has 1 aromatic carbocycles. The molecule has 0 spiro atoms. The molecule has 0 aliphatic carbocycles. The second kappa shape index (κ2) is 5.56. The predicted octanol–water partition coefficient (Wildman–Crippen LogP) is 2.53. The van der Waals surface area contributed by atoms with Crippen molar-refractivity contribution in [3.8, 4) is 0 Å². The fourth-order valence-corrected chi connectivity index (χ4v) is 2.01. The lowest BCUT2D eigenvalue weighted by Crippen LogP contribution is -2.28. The van der Waals surface area contributed by atoms with E-state index < -0.39 is 12.1 Å². The standard InChI is InChI=1S/C14H14N2O4/c1-3-16(14(18)19)12-6-4-5-11-10(12)7-9(8-15-11)13(17)20-2/h4-8H,3H2,1-2H3,(H,18,19). The highest BCUT2D eigenvalue weighted by Crippen LogP contribution is 2.26. The van der Waals surface area contributed by atoms with Crippen LogP contribution >= 0.6 is 0 Å². The van der Waals surface area contributed by atoms with Crippen LogP contribution in [0.25, 0.3) is 10.9 Å². The van der Waals surface area contributed by atoms with Crippen molar-refractivity contribution in [1.82, 2.24) is 4.98 Å². The van der Waals surface area contributed by atoms with E-state index in [0.717, 1.165) is 0 Å². The van der Waals surface area contributed by atoms with Crippen molar-refractivity contribution in [3.05, 3.63) is 36.0 Å². The number of aromatic nitrogens is 1. The summed E-state index contributed by atoms with van der Waals surface area (Å²) in [6, 6.07) is 6.77. The van der Waals surface area contributed by atoms with E-state index in [0.29, 0.717) is 23.1 Å². The Kier molecular flexibility index (Phi) is 3.84. The van der Waals surface area contributed by atoms with Crippen LogP contribution in [0.3, 0.4) is 0 Å². The number of amides is 1. The smallest absolute Gasteiger partial charge is 0.411 e. The number of anilines is 1. The van der Waals surface area contributed by atoms with Crippen molar-refractivity contribution in [2.45, 2.75) is 6.92 Å². The van der Waals surface area contributed by atoms with Gasteiger partial charge in [0, 0.05) is 18.1 Å². The van der Waals surface area contributed by atoms with Crippen molar-refractivity contribution in [1.29, 1.82) is 0 Å². The Hall–Kier alpha value is -2.63. The number of pyridine rings is 1. The van der Waals surface area contributed by atoms with Crippen molar-refractivity contribution in [3.63, 3.8) is 0 Å². The van der Waals surface area contributed by atoms with Gasteiger partial charge in [-0.2, -0.15) is 0 Å². The van der Waals surface area contributed by atoms with Crippen LogP contribution in [0.15, 0.2) is 30.5 Å². The molecule has 20 heavy (non-hydrogen) atoms. The monoisotopic (exact) mass is 274 g/mol. The van der Waals surface area contributed by atoms with E-state index in [2.05, 4.69) is 9.72 Å². The Morgan fingerprint density at radius 3 is 2.75 bits per heavy atom. The first-order chi connectivity index (χ1) is 9.58. The van der Waals surface area contributed by atoms with Gasteiger partial charge in [0.05, 0.1) is 23.9 Å². The SMILES string of the molecule is CCN(C(=O)O)c1cccc2ncc(C(=O)OC)cc12. The van der Waals surface area contributed by atoms with Crippen LogP contribution < -0.4 is 4.90 Å². The lowest BCUT2D eigenvalue weighted by molar-refractivity contribution is 0.0600. The van der Waals surface area contributed by atoms with Gasteiger partial charge in [-0.3, -0.25) is 9.88 Å². The average Bonchev–Trinajstić information content (AvgIpc) is 2.46. The van der Waals surface area contributed by atoms with E-state index in [-0.39, 0.29) is 5.56 Å². The molecular formula is C14H14N2O4. The molecule has 6 heteroatoms. The number of esters is 1. The first-order valence-corrected chi connectivity index (χ1v) is 6.06. The fourth-order valence-electron chi connectivity index (χ4n) is 2.01. The van der Waals surface area contributed by atoms with Gasteiger partial charge >= 0.3 is 12.1 Å². The highest BCUT2D eigenvalue weighted by molar-refractivity contribution is 6.02. The number of hydrogen-bond donors (Lipinski definition) is 1. The summed E-state index contributed by atoms with van der Waals surface area (Å²) >= 11 is 0. The molecular weight excluding hydrogens is 260 g/mol. The topological polar surface area (TPSA) is 79.7 Å². The number of methoxy groups -OCH3 is 1. The third kappa shape index (κ3) is 2.40. The van der Waals surface area contributed by atoms with Crippen molar-refractivity contribution >= 4 is 28.7 Å². The normalized spacial score (nSPS) is 10.3. The number of fused-ring (bicyclic) bond motifs is 1. The van der Waals surface area contributed by atoms with Gasteiger partial charge in [-0.15, -0.1) is 0 Å². The van der Waals surface area contributed by atoms with E-state index in [4.69, 9.17) is 0 Å². The molecule has 2 aromatic rings. The quantitative estimate of drug-likeness (QED) is 0.870. The summed E-state index contributed by atoms with van der Waals surface area (Å²) in [4.78, 5) is 28.2. The lowest BCUT2D eigenvalue weighted by Gasteiger charge is -2.19. The van der Waals surface area contributed by atoms with Gasteiger partial charge in [-0.05, 0) is 25.1 Å². The zero-order valence-corrected chi connectivity index (χ0v) is 11.2. The predicted molar refractivity (Wildman–Crippen MR) is 74.1 cm³/mol. The summed E-state index contributed by atoms with van der Waals surface area (Å²) in [5.41, 5.74) is 1.40. The zero-order chi connectivity index (χ0) is 14.7. The molecule has 104 valence electrons. The van der Waals surface area contributed by atoms with Gasteiger partial charge in [-0.1, -0.05) is 6.07 Å². The Morgan fingerprint density at radius 1 is 1.40 bits per heavy atom. The van der Waals surface area contributed by atoms with Gasteiger partial charge in [0.1, 0.15) is 0 Å². The fraction of sp³-hybridized carbons (Fsp3) is 0.214. The van der Waals surface area contributed by atoms with Gasteiger partial charge in [0.25, 0.3) is 0 Å². The lowest BCUT2D eigenvalue weighted by atomic mass is 10.1. The maximum atomic E-state index is 11.5. The number of nitrogens with zero attached hydrogens (tertiary/aromatic N) is 2. The maximum absolute atomic E-state index is 11.5. The molecule has 1 amide bonds. The Morgan fingerprint density at radius 2 is 2.15 bits per heavy atom. The van der Waals surface area contributed by atoms with Gasteiger partial charge in [0.2, 0.25) is 0 Å². The molecule has 1 aromatic heterocycles. The van der Waals surface area contributed by atoms with Gasteiger partial charge < -0.3 is 9.84 Å². The minimum atomic E-state index is -1.05. The minimum absolute atomic E-state index is 0.286. The molecule has 0 fully saturated rings. The molecule has 0 aliphatic rings. The summed E-state index contributed by atoms with van der Waals surface area (Å²) in [6.45, 7) is 2.04. The number of benzene rings is 1. The van der Waals surface area contributed by atoms with Crippen molar-refractivity contribution in [2.75, 3.05) is 18.6 Å². The van der Waals surface area contributed by atoms with E-state index in [9.17, 15) is 14.7 Å². The first-order valence-electron chi connectivity index (χ1n) is 6.06. The molecule has 0 unspecified atom stereocenters. The molecule has 0 saturated carbocycles. The van der Waals surface area contributed by atoms with E-state index in [1.165, 1.54) is 18.2 Å². The molecule has 1 N–H and O–H groups in total. The van der Waals surface area contributed by atoms with Crippen LogP contribution in [0.1, 0.15) is 17.3 Å². The Balaban J connectivity index is 2.65. The van der Waals surface area contributed by atoms with Crippen LogP contribution in [0.5, 0.6) is 0 Å². The van der Waals surface area contributed by atoms with Crippen LogP contribution in [-0.4, -0.2) is 35.8 Å². The molecule has 0 atom stereocenters. The van der Waals surface area contributed by atoms with Crippen molar-refractivity contribution in [2.24, 2.45) is 0 Å². The third-order valence-corrected chi connectivity index (χ3v) is 2.96. The number of carbonyl (C=O) groups is 2. The summed E-state index contributed by atoms with van der Waals surface area (Å²) in [5.74, 6) is -0.507. The number of ether oxygens (including phenoxy) is 1. The Labute approximate surface area is 115 Å². The highest BCUT2D eigenvalue weighted by atomic mass is 16.5. The molecule has 0 radical (unpaired) electrons. The average molecular weight is 274 g/mol. The molecule has 0 saturated heterocycles. The second-order valence-electron chi connectivity index (χ2n) is 4.09. The second-order valence-corrected chi connectivity index (χ2v) is 4.09. The van der Waals surface area contributed by atoms with Crippen LogP contribution in [0, 0.1) is 0 Å². The molecule has 0 bridgehead atoms. The van der Waals surface area contributed by atoms with Crippen molar-refractivity contribution < 1.29 is 19.4 Å². The Bertz CT molecular complexity index is 669. The molecule has 1 heterocycles. The largest absolute Gasteiger partial charge is 0.465 e. The zero-order valence-electron chi connectivity index (χ0n) is 11.2. The first kappa shape index (κ1) is 13.8. The highest BCUT2D eigenvalue weighted by Gasteiger charge is 2.16. The maximum Gasteiger partial charge on any atom is 0.411 e. The van der Waals surface area contributed by atoms with E-state index >= 15 is 0 Å². The number of carboxylic acid groups (broad SMARTS) is 1. The van der Waals surface area contributed by atoms with Gasteiger partial charge in [-0.25, -0.2) is 9.59 Å². The minimum Gasteiger partial charge on any atom is -0.465 e. The third-order valence-electron chi connectivity index (χ3n) is 2.96. The number of rotatable bonds is 3. The summed E-state index contributed by atoms with van der Waals surface area (Å²) in [5, 5.41) is 9.82. The molecule has 2 rings (SSSR count). The van der Waals surface area contributed by atoms with Crippen LogP contribution in [0.2, 0.25) is 0 Å². The van der Waals surface area contributed by atoms with E-state index in [1.807, 2.05) is 0 Å². The number of hydrogen-bond acceptors (Lipinski definition) is 4. The molecule has 6 nitrogen and oxygen atoms in total. The summed E-state index contributed by atoms with van der Waals surface area (Å²) in [7, 11) is 1.29.